The van der Waals surface area contributed by atoms with Gasteiger partial charge >= 0.3 is 0 Å². The van der Waals surface area contributed by atoms with Gasteiger partial charge in [0.05, 0.1) is 24.1 Å². The van der Waals surface area contributed by atoms with Gasteiger partial charge in [0, 0.05) is 0 Å². The summed E-state index contributed by atoms with van der Waals surface area (Å²) in [4.78, 5) is 24.8. The second kappa shape index (κ2) is 8.90. The van der Waals surface area contributed by atoms with Gasteiger partial charge < -0.3 is 19.8 Å². The fraction of sp³-hybridized carbons (Fsp3) is 0.182. The van der Waals surface area contributed by atoms with Crippen molar-refractivity contribution in [1.29, 1.82) is 0 Å². The van der Waals surface area contributed by atoms with Crippen molar-refractivity contribution < 1.29 is 18.7 Å². The zero-order valence-electron chi connectivity index (χ0n) is 15.8. The van der Waals surface area contributed by atoms with E-state index in [1.807, 2.05) is 32.0 Å². The van der Waals surface area contributed by atoms with Crippen LogP contribution in [0.2, 0.25) is 0 Å². The van der Waals surface area contributed by atoms with Gasteiger partial charge in [-0.25, -0.2) is 0 Å². The van der Waals surface area contributed by atoms with E-state index < -0.39 is 0 Å². The summed E-state index contributed by atoms with van der Waals surface area (Å²) in [5.74, 6) is 0.663. The number of aryl methyl sites for hydroxylation is 2. The topological polar surface area (TPSA) is 80.6 Å². The summed E-state index contributed by atoms with van der Waals surface area (Å²) in [6.45, 7) is 4.05. The average molecular weight is 378 g/mol. The highest BCUT2D eigenvalue weighted by molar-refractivity contribution is 6.04. The molecule has 0 aliphatic rings. The minimum atomic E-state index is -0.341. The molecule has 2 N–H and O–H groups in total. The van der Waals surface area contributed by atoms with Crippen LogP contribution in [0.3, 0.4) is 0 Å². The van der Waals surface area contributed by atoms with Gasteiger partial charge in [0.1, 0.15) is 11.5 Å². The van der Waals surface area contributed by atoms with E-state index >= 15 is 0 Å². The Morgan fingerprint density at radius 1 is 1.04 bits per heavy atom. The van der Waals surface area contributed by atoms with E-state index in [-0.39, 0.29) is 25.0 Å². The number of carbonyl (C=O) groups is 2. The van der Waals surface area contributed by atoms with Crippen molar-refractivity contribution in [1.82, 2.24) is 5.32 Å². The minimum Gasteiger partial charge on any atom is -0.483 e. The zero-order valence-corrected chi connectivity index (χ0v) is 15.8. The molecule has 0 aliphatic carbocycles. The lowest BCUT2D eigenvalue weighted by molar-refractivity contribution is -0.118. The molecule has 0 radical (unpaired) electrons. The molecule has 0 saturated heterocycles. The molecule has 2 aromatic carbocycles. The van der Waals surface area contributed by atoms with Crippen LogP contribution in [0.1, 0.15) is 27.2 Å². The smallest absolute Gasteiger partial charge is 0.262 e. The van der Waals surface area contributed by atoms with Gasteiger partial charge in [-0.05, 0) is 49.7 Å². The van der Waals surface area contributed by atoms with E-state index in [2.05, 4.69) is 10.6 Å². The molecular formula is C22H22N2O4. The van der Waals surface area contributed by atoms with Crippen molar-refractivity contribution in [2.24, 2.45) is 0 Å². The van der Waals surface area contributed by atoms with E-state index in [4.69, 9.17) is 9.15 Å². The van der Waals surface area contributed by atoms with Gasteiger partial charge in [-0.2, -0.15) is 0 Å². The molecule has 3 aromatic rings. The van der Waals surface area contributed by atoms with Crippen LogP contribution in [-0.4, -0.2) is 18.4 Å². The number of rotatable bonds is 7. The summed E-state index contributed by atoms with van der Waals surface area (Å²) < 4.78 is 10.8. The van der Waals surface area contributed by atoms with Crippen molar-refractivity contribution in [2.75, 3.05) is 11.9 Å². The Balaban J connectivity index is 1.60. The molecule has 0 aliphatic heterocycles. The Labute approximate surface area is 163 Å². The van der Waals surface area contributed by atoms with Crippen molar-refractivity contribution >= 4 is 17.5 Å². The number of para-hydroxylation sites is 1. The highest BCUT2D eigenvalue weighted by Gasteiger charge is 2.14. The maximum absolute atomic E-state index is 12.5. The lowest BCUT2D eigenvalue weighted by Gasteiger charge is -2.12. The third kappa shape index (κ3) is 5.01. The predicted octanol–water partition coefficient (Wildman–Crippen LogP) is 3.84. The molecule has 144 valence electrons. The van der Waals surface area contributed by atoms with Crippen LogP contribution in [0, 0.1) is 13.8 Å². The molecule has 6 nitrogen and oxygen atoms in total. The number of hydrogen-bond donors (Lipinski definition) is 2. The lowest BCUT2D eigenvalue weighted by Crippen LogP contribution is -2.26. The van der Waals surface area contributed by atoms with E-state index in [9.17, 15) is 9.59 Å². The van der Waals surface area contributed by atoms with Gasteiger partial charge in [-0.15, -0.1) is 0 Å². The number of ether oxygens (including phenoxy) is 1. The highest BCUT2D eigenvalue weighted by atomic mass is 16.5. The van der Waals surface area contributed by atoms with Crippen LogP contribution in [0.25, 0.3) is 0 Å². The predicted molar refractivity (Wildman–Crippen MR) is 106 cm³/mol. The standard InChI is InChI=1S/C22H22N2O4/c1-15-9-10-20(16(2)12-15)28-14-21(25)24-19-8-4-3-7-18(19)22(26)23-13-17-6-5-11-27-17/h3-12H,13-14H2,1-2H3,(H,23,26)(H,24,25). The first-order valence-electron chi connectivity index (χ1n) is 8.92. The van der Waals surface area contributed by atoms with Gasteiger partial charge in [-0.1, -0.05) is 29.8 Å². The average Bonchev–Trinajstić information content (AvgIpc) is 3.19. The summed E-state index contributed by atoms with van der Waals surface area (Å²) in [6.07, 6.45) is 1.55. The van der Waals surface area contributed by atoms with E-state index in [0.717, 1.165) is 11.1 Å². The molecule has 0 fully saturated rings. The first-order chi connectivity index (χ1) is 13.5. The van der Waals surface area contributed by atoms with Crippen molar-refractivity contribution in [3.8, 4) is 5.75 Å². The molecule has 6 heteroatoms. The molecule has 3 rings (SSSR count). The molecule has 0 spiro atoms. The largest absolute Gasteiger partial charge is 0.483 e. The minimum absolute atomic E-state index is 0.147. The number of furan rings is 1. The van der Waals surface area contributed by atoms with Crippen LogP contribution >= 0.6 is 0 Å². The number of hydrogen-bond acceptors (Lipinski definition) is 4. The normalized spacial score (nSPS) is 10.4. The molecule has 0 atom stereocenters. The Bertz CT molecular complexity index is 964. The third-order valence-electron chi connectivity index (χ3n) is 4.14. The summed E-state index contributed by atoms with van der Waals surface area (Å²) in [6, 6.07) is 16.1. The molecule has 0 bridgehead atoms. The van der Waals surface area contributed by atoms with Gasteiger partial charge in [0.25, 0.3) is 11.8 Å². The first kappa shape index (κ1) is 19.2. The van der Waals surface area contributed by atoms with Gasteiger partial charge in [0.15, 0.2) is 6.61 Å². The number of anilines is 1. The molecule has 1 aromatic heterocycles. The van der Waals surface area contributed by atoms with Crippen LogP contribution in [-0.2, 0) is 11.3 Å². The lowest BCUT2D eigenvalue weighted by atomic mass is 10.1. The number of amides is 2. The SMILES string of the molecule is Cc1ccc(OCC(=O)Nc2ccccc2C(=O)NCc2ccco2)c(C)c1. The third-order valence-corrected chi connectivity index (χ3v) is 4.14. The van der Waals surface area contributed by atoms with Crippen molar-refractivity contribution in [2.45, 2.75) is 20.4 Å². The number of nitrogens with one attached hydrogen (secondary N) is 2. The van der Waals surface area contributed by atoms with Gasteiger partial charge in [0.2, 0.25) is 0 Å². The van der Waals surface area contributed by atoms with E-state index in [0.29, 0.717) is 22.8 Å². The second-order valence-corrected chi connectivity index (χ2v) is 6.41. The molecule has 0 unspecified atom stereocenters. The van der Waals surface area contributed by atoms with Gasteiger partial charge in [-0.3, -0.25) is 9.59 Å². The molecule has 2 amide bonds. The van der Waals surface area contributed by atoms with Crippen molar-refractivity contribution in [3.63, 3.8) is 0 Å². The number of carbonyl (C=O) groups excluding carboxylic acids is 2. The van der Waals surface area contributed by atoms with Crippen LogP contribution in [0.4, 0.5) is 5.69 Å². The molecule has 0 saturated carbocycles. The van der Waals surface area contributed by atoms with Crippen LogP contribution < -0.4 is 15.4 Å². The Kier molecular flexibility index (Phi) is 6.11. The second-order valence-electron chi connectivity index (χ2n) is 6.41. The maximum Gasteiger partial charge on any atom is 0.262 e. The summed E-state index contributed by atoms with van der Waals surface area (Å²) >= 11 is 0. The Morgan fingerprint density at radius 3 is 2.61 bits per heavy atom. The number of benzene rings is 2. The first-order valence-corrected chi connectivity index (χ1v) is 8.92. The molecular weight excluding hydrogens is 356 g/mol. The quantitative estimate of drug-likeness (QED) is 0.654. The van der Waals surface area contributed by atoms with Crippen LogP contribution in [0.15, 0.2) is 65.3 Å². The van der Waals surface area contributed by atoms with Crippen LogP contribution in [0.5, 0.6) is 5.75 Å². The summed E-state index contributed by atoms with van der Waals surface area (Å²) in [7, 11) is 0. The summed E-state index contributed by atoms with van der Waals surface area (Å²) in [5, 5.41) is 5.51. The monoisotopic (exact) mass is 378 g/mol. The fourth-order valence-corrected chi connectivity index (χ4v) is 2.76. The van der Waals surface area contributed by atoms with Crippen molar-refractivity contribution in [3.05, 3.63) is 83.3 Å². The fourth-order valence-electron chi connectivity index (χ4n) is 2.76. The van der Waals surface area contributed by atoms with E-state index in [1.165, 1.54) is 0 Å². The Morgan fingerprint density at radius 2 is 1.86 bits per heavy atom. The molecule has 1 heterocycles. The zero-order chi connectivity index (χ0) is 19.9. The molecule has 28 heavy (non-hydrogen) atoms. The highest BCUT2D eigenvalue weighted by Crippen LogP contribution is 2.19. The maximum atomic E-state index is 12.5. The van der Waals surface area contributed by atoms with E-state index in [1.54, 1.807) is 42.7 Å². The summed E-state index contributed by atoms with van der Waals surface area (Å²) in [5.41, 5.74) is 2.89. The Hall–Kier alpha value is -3.54.